The molecule has 0 saturated heterocycles. The molecule has 0 aliphatic carbocycles. The van der Waals surface area contributed by atoms with Crippen molar-refractivity contribution in [1.82, 2.24) is 4.98 Å². The van der Waals surface area contributed by atoms with Crippen molar-refractivity contribution in [1.29, 1.82) is 0 Å². The molecule has 2 N–H and O–H groups in total. The molecular weight excluding hydrogens is 288 g/mol. The highest BCUT2D eigenvalue weighted by Crippen LogP contribution is 2.32. The molecule has 0 amide bonds. The molecule has 0 aliphatic rings. The zero-order valence-electron chi connectivity index (χ0n) is 11.3. The Balaban J connectivity index is 2.80. The molecule has 1 aromatic heterocycles. The van der Waals surface area contributed by atoms with Crippen molar-refractivity contribution >= 4 is 32.7 Å². The predicted octanol–water partition coefficient (Wildman–Crippen LogP) is 4.44. The van der Waals surface area contributed by atoms with Gasteiger partial charge in [0.1, 0.15) is 5.82 Å². The highest BCUT2D eigenvalue weighted by molar-refractivity contribution is 9.10. The molecule has 1 aromatic carbocycles. The van der Waals surface area contributed by atoms with Gasteiger partial charge in [-0.25, -0.2) is 4.98 Å². The minimum absolute atomic E-state index is 0.0139. The number of anilines is 1. The van der Waals surface area contributed by atoms with Gasteiger partial charge in [-0.15, -0.1) is 0 Å². The largest absolute Gasteiger partial charge is 0.383 e. The van der Waals surface area contributed by atoms with Gasteiger partial charge in [0.2, 0.25) is 0 Å². The lowest BCUT2D eigenvalue weighted by molar-refractivity contribution is 0.591. The number of aromatic nitrogens is 1. The van der Waals surface area contributed by atoms with Crippen molar-refractivity contribution in [3.8, 4) is 0 Å². The first-order valence-corrected chi connectivity index (χ1v) is 7.01. The van der Waals surface area contributed by atoms with E-state index in [0.29, 0.717) is 5.82 Å². The molecule has 2 aromatic rings. The van der Waals surface area contributed by atoms with Gasteiger partial charge in [0.05, 0.1) is 5.52 Å². The molecule has 18 heavy (non-hydrogen) atoms. The minimum atomic E-state index is 0.0139. The first kappa shape index (κ1) is 13.3. The van der Waals surface area contributed by atoms with Crippen LogP contribution in [0.5, 0.6) is 0 Å². The summed E-state index contributed by atoms with van der Waals surface area (Å²) in [5.74, 6) is 0.645. The zero-order chi connectivity index (χ0) is 13.5. The van der Waals surface area contributed by atoms with Crippen molar-refractivity contribution in [2.24, 2.45) is 0 Å². The van der Waals surface area contributed by atoms with Crippen LogP contribution in [0.1, 0.15) is 38.8 Å². The van der Waals surface area contributed by atoms with Gasteiger partial charge in [0.25, 0.3) is 0 Å². The minimum Gasteiger partial charge on any atom is -0.383 e. The van der Waals surface area contributed by atoms with E-state index in [4.69, 9.17) is 5.73 Å². The zero-order valence-corrected chi connectivity index (χ0v) is 12.9. The van der Waals surface area contributed by atoms with Crippen molar-refractivity contribution in [3.05, 3.63) is 33.8 Å². The van der Waals surface area contributed by atoms with Crippen LogP contribution in [0.25, 0.3) is 10.9 Å². The summed E-state index contributed by atoms with van der Waals surface area (Å²) in [4.78, 5) is 4.61. The summed E-state index contributed by atoms with van der Waals surface area (Å²) in [5, 5.41) is 1.15. The Labute approximate surface area is 117 Å². The van der Waals surface area contributed by atoms with E-state index >= 15 is 0 Å². The summed E-state index contributed by atoms with van der Waals surface area (Å²) in [5.41, 5.74) is 9.48. The standard InChI is InChI=1S/C15H19BrN2/c1-5-9-6-11(16)7-10-8-12(15(2,3)4)14(17)18-13(9)10/h6-8H,5H2,1-4H3,(H2,17,18). The Bertz CT molecular complexity index is 597. The molecule has 0 unspecified atom stereocenters. The fourth-order valence-corrected chi connectivity index (χ4v) is 2.73. The number of hydrogen-bond acceptors (Lipinski definition) is 2. The number of pyridine rings is 1. The van der Waals surface area contributed by atoms with Gasteiger partial charge in [0.15, 0.2) is 0 Å². The maximum atomic E-state index is 6.11. The summed E-state index contributed by atoms with van der Waals surface area (Å²) in [6.45, 7) is 8.61. The van der Waals surface area contributed by atoms with E-state index in [2.05, 4.69) is 66.8 Å². The summed E-state index contributed by atoms with van der Waals surface area (Å²) in [6, 6.07) is 6.39. The highest BCUT2D eigenvalue weighted by atomic mass is 79.9. The molecule has 0 saturated carbocycles. The van der Waals surface area contributed by atoms with Crippen LogP contribution in [-0.4, -0.2) is 4.98 Å². The number of fused-ring (bicyclic) bond motifs is 1. The van der Waals surface area contributed by atoms with Crippen LogP contribution in [0, 0.1) is 0 Å². The number of nitrogens with zero attached hydrogens (tertiary/aromatic N) is 1. The Morgan fingerprint density at radius 1 is 1.22 bits per heavy atom. The molecule has 2 nitrogen and oxygen atoms in total. The van der Waals surface area contributed by atoms with Crippen LogP contribution < -0.4 is 5.73 Å². The van der Waals surface area contributed by atoms with Gasteiger partial charge in [0, 0.05) is 15.4 Å². The van der Waals surface area contributed by atoms with E-state index in [9.17, 15) is 0 Å². The number of aryl methyl sites for hydroxylation is 1. The Hall–Kier alpha value is -1.09. The summed E-state index contributed by atoms with van der Waals surface area (Å²) < 4.78 is 1.10. The quantitative estimate of drug-likeness (QED) is 0.846. The number of halogens is 1. The molecule has 96 valence electrons. The van der Waals surface area contributed by atoms with Crippen molar-refractivity contribution in [2.45, 2.75) is 39.5 Å². The van der Waals surface area contributed by atoms with E-state index in [0.717, 1.165) is 27.4 Å². The second-order valence-corrected chi connectivity index (χ2v) is 6.58. The average Bonchev–Trinajstić information content (AvgIpc) is 2.26. The smallest absolute Gasteiger partial charge is 0.127 e. The molecule has 1 heterocycles. The van der Waals surface area contributed by atoms with Crippen LogP contribution in [0.3, 0.4) is 0 Å². The Kier molecular flexibility index (Phi) is 3.37. The molecule has 0 atom stereocenters. The molecule has 0 bridgehead atoms. The predicted molar refractivity (Wildman–Crippen MR) is 81.9 cm³/mol. The second kappa shape index (κ2) is 4.54. The van der Waals surface area contributed by atoms with Gasteiger partial charge in [-0.2, -0.15) is 0 Å². The Morgan fingerprint density at radius 3 is 2.44 bits per heavy atom. The topological polar surface area (TPSA) is 38.9 Å². The third-order valence-electron chi connectivity index (χ3n) is 3.18. The van der Waals surface area contributed by atoms with E-state index in [-0.39, 0.29) is 5.41 Å². The summed E-state index contributed by atoms with van der Waals surface area (Å²) in [6.07, 6.45) is 0.956. The molecule has 0 fully saturated rings. The first-order chi connectivity index (χ1) is 8.32. The third kappa shape index (κ3) is 2.37. The van der Waals surface area contributed by atoms with Gasteiger partial charge in [-0.1, -0.05) is 43.6 Å². The lowest BCUT2D eigenvalue weighted by atomic mass is 9.86. The van der Waals surface area contributed by atoms with Crippen LogP contribution >= 0.6 is 15.9 Å². The van der Waals surface area contributed by atoms with Crippen LogP contribution in [-0.2, 0) is 11.8 Å². The number of rotatable bonds is 1. The normalized spacial score (nSPS) is 12.1. The monoisotopic (exact) mass is 306 g/mol. The molecule has 0 aliphatic heterocycles. The molecule has 0 spiro atoms. The van der Waals surface area contributed by atoms with Crippen LogP contribution in [0.4, 0.5) is 5.82 Å². The number of nitrogens with two attached hydrogens (primary N) is 1. The van der Waals surface area contributed by atoms with Gasteiger partial charge >= 0.3 is 0 Å². The van der Waals surface area contributed by atoms with Crippen LogP contribution in [0.15, 0.2) is 22.7 Å². The maximum Gasteiger partial charge on any atom is 0.127 e. The van der Waals surface area contributed by atoms with Gasteiger partial charge in [-0.3, -0.25) is 0 Å². The number of benzene rings is 1. The number of nitrogen functional groups attached to an aromatic ring is 1. The molecule has 2 rings (SSSR count). The van der Waals surface area contributed by atoms with Crippen molar-refractivity contribution in [3.63, 3.8) is 0 Å². The molecular formula is C15H19BrN2. The van der Waals surface area contributed by atoms with E-state index in [1.165, 1.54) is 5.56 Å². The first-order valence-electron chi connectivity index (χ1n) is 6.22. The van der Waals surface area contributed by atoms with E-state index < -0.39 is 0 Å². The van der Waals surface area contributed by atoms with Crippen molar-refractivity contribution < 1.29 is 0 Å². The van der Waals surface area contributed by atoms with E-state index in [1.54, 1.807) is 0 Å². The van der Waals surface area contributed by atoms with E-state index in [1.807, 2.05) is 0 Å². The average molecular weight is 307 g/mol. The van der Waals surface area contributed by atoms with Gasteiger partial charge in [-0.05, 0) is 35.6 Å². The lowest BCUT2D eigenvalue weighted by Gasteiger charge is -2.21. The molecule has 0 radical (unpaired) electrons. The fourth-order valence-electron chi connectivity index (χ4n) is 2.21. The Morgan fingerprint density at radius 2 is 1.89 bits per heavy atom. The maximum absolute atomic E-state index is 6.11. The SMILES string of the molecule is CCc1cc(Br)cc2cc(C(C)(C)C)c(N)nc12. The number of hydrogen-bond donors (Lipinski definition) is 1. The molecule has 3 heteroatoms. The summed E-state index contributed by atoms with van der Waals surface area (Å²) >= 11 is 3.56. The van der Waals surface area contributed by atoms with Crippen LogP contribution in [0.2, 0.25) is 0 Å². The fraction of sp³-hybridized carbons (Fsp3) is 0.400. The lowest BCUT2D eigenvalue weighted by Crippen LogP contribution is -2.15. The van der Waals surface area contributed by atoms with Crippen molar-refractivity contribution in [2.75, 3.05) is 5.73 Å². The van der Waals surface area contributed by atoms with Gasteiger partial charge < -0.3 is 5.73 Å². The summed E-state index contributed by atoms with van der Waals surface area (Å²) in [7, 11) is 0. The second-order valence-electron chi connectivity index (χ2n) is 5.66. The highest BCUT2D eigenvalue weighted by Gasteiger charge is 2.19. The third-order valence-corrected chi connectivity index (χ3v) is 3.64.